The van der Waals surface area contributed by atoms with Crippen LogP contribution in [-0.2, 0) is 11.2 Å². The van der Waals surface area contributed by atoms with Gasteiger partial charge in [0.1, 0.15) is 11.4 Å². The maximum Gasteiger partial charge on any atom is 0.412 e. The molecule has 3 N–H and O–H groups in total. The normalized spacial score (nSPS) is 12.9. The highest BCUT2D eigenvalue weighted by molar-refractivity contribution is 5.84. The highest BCUT2D eigenvalue weighted by atomic mass is 19.1. The van der Waals surface area contributed by atoms with E-state index in [4.69, 9.17) is 10.5 Å². The molecule has 0 aliphatic rings. The number of carbonyl (C=O) groups excluding carboxylic acids is 1. The van der Waals surface area contributed by atoms with Crippen molar-refractivity contribution < 1.29 is 13.9 Å². The molecule has 4 nitrogen and oxygen atoms in total. The molecule has 1 amide bonds. The summed E-state index contributed by atoms with van der Waals surface area (Å²) in [6.45, 7) is 7.13. The zero-order chi connectivity index (χ0) is 14.6. The minimum absolute atomic E-state index is 0.147. The molecule has 0 saturated heterocycles. The fourth-order valence-corrected chi connectivity index (χ4v) is 1.58. The first-order chi connectivity index (χ1) is 8.67. The average molecular weight is 268 g/mol. The number of benzene rings is 1. The minimum Gasteiger partial charge on any atom is -0.444 e. The molecule has 5 heteroatoms. The number of ether oxygens (including phenoxy) is 1. The number of rotatable bonds is 3. The molecule has 1 aromatic rings. The number of carbonyl (C=O) groups is 1. The molecule has 0 aliphatic heterocycles. The number of hydrogen-bond donors (Lipinski definition) is 2. The van der Waals surface area contributed by atoms with E-state index in [1.54, 1.807) is 33.8 Å². The van der Waals surface area contributed by atoms with Crippen LogP contribution in [0, 0.1) is 5.82 Å². The Hall–Kier alpha value is -1.62. The molecule has 19 heavy (non-hydrogen) atoms. The van der Waals surface area contributed by atoms with Crippen molar-refractivity contribution in [1.82, 2.24) is 0 Å². The predicted molar refractivity (Wildman–Crippen MR) is 73.6 cm³/mol. The SMILES string of the molecule is C[C@H](N)Cc1cc(NC(=O)OC(C)(C)C)ccc1F. The molecule has 0 aliphatic carbocycles. The second-order valence-electron chi connectivity index (χ2n) is 5.61. The number of halogens is 1. The van der Waals surface area contributed by atoms with Gasteiger partial charge in [-0.15, -0.1) is 0 Å². The number of nitrogens with one attached hydrogen (secondary N) is 1. The van der Waals surface area contributed by atoms with Gasteiger partial charge >= 0.3 is 6.09 Å². The summed E-state index contributed by atoms with van der Waals surface area (Å²) in [6.07, 6.45) is -0.152. The van der Waals surface area contributed by atoms with Gasteiger partial charge in [-0.25, -0.2) is 9.18 Å². The van der Waals surface area contributed by atoms with E-state index < -0.39 is 11.7 Å². The molecule has 1 rings (SSSR count). The van der Waals surface area contributed by atoms with Crippen molar-refractivity contribution in [3.05, 3.63) is 29.6 Å². The van der Waals surface area contributed by atoms with E-state index in [1.807, 2.05) is 0 Å². The summed E-state index contributed by atoms with van der Waals surface area (Å²) >= 11 is 0. The first kappa shape index (κ1) is 15.4. The van der Waals surface area contributed by atoms with Crippen molar-refractivity contribution in [2.24, 2.45) is 5.73 Å². The second kappa shape index (κ2) is 6.02. The summed E-state index contributed by atoms with van der Waals surface area (Å²) in [5, 5.41) is 2.57. The van der Waals surface area contributed by atoms with E-state index in [1.165, 1.54) is 12.1 Å². The fourth-order valence-electron chi connectivity index (χ4n) is 1.58. The molecule has 106 valence electrons. The van der Waals surface area contributed by atoms with Gasteiger partial charge in [0.2, 0.25) is 0 Å². The lowest BCUT2D eigenvalue weighted by atomic mass is 10.1. The van der Waals surface area contributed by atoms with Gasteiger partial charge in [-0.2, -0.15) is 0 Å². The summed E-state index contributed by atoms with van der Waals surface area (Å²) in [4.78, 5) is 11.6. The van der Waals surface area contributed by atoms with Gasteiger partial charge in [0.15, 0.2) is 0 Å². The monoisotopic (exact) mass is 268 g/mol. The molecule has 0 bridgehead atoms. The van der Waals surface area contributed by atoms with Crippen LogP contribution in [0.15, 0.2) is 18.2 Å². The molecule has 0 radical (unpaired) electrons. The number of anilines is 1. The van der Waals surface area contributed by atoms with Gasteiger partial charge in [0.05, 0.1) is 0 Å². The quantitative estimate of drug-likeness (QED) is 0.885. The largest absolute Gasteiger partial charge is 0.444 e. The number of hydrogen-bond acceptors (Lipinski definition) is 3. The van der Waals surface area contributed by atoms with Gasteiger partial charge in [-0.05, 0) is 57.9 Å². The van der Waals surface area contributed by atoms with E-state index in [2.05, 4.69) is 5.32 Å². The molecule has 0 saturated carbocycles. The standard InChI is InChI=1S/C14H21FN2O2/c1-9(16)7-10-8-11(5-6-12(10)15)17-13(18)19-14(2,3)4/h5-6,8-9H,7,16H2,1-4H3,(H,17,18)/t9-/m0/s1. The van der Waals surface area contributed by atoms with E-state index in [0.29, 0.717) is 17.7 Å². The number of amides is 1. The highest BCUT2D eigenvalue weighted by Gasteiger charge is 2.16. The summed E-state index contributed by atoms with van der Waals surface area (Å²) in [7, 11) is 0. The Morgan fingerprint density at radius 2 is 2.11 bits per heavy atom. The van der Waals surface area contributed by atoms with Gasteiger partial charge in [0.25, 0.3) is 0 Å². The van der Waals surface area contributed by atoms with E-state index in [0.717, 1.165) is 0 Å². The maximum absolute atomic E-state index is 13.5. The van der Waals surface area contributed by atoms with Gasteiger partial charge in [0, 0.05) is 11.7 Å². The predicted octanol–water partition coefficient (Wildman–Crippen LogP) is 3.06. The molecular formula is C14H21FN2O2. The van der Waals surface area contributed by atoms with Crippen LogP contribution in [0.2, 0.25) is 0 Å². The average Bonchev–Trinajstić information content (AvgIpc) is 2.19. The summed E-state index contributed by atoms with van der Waals surface area (Å²) in [6, 6.07) is 4.23. The van der Waals surface area contributed by atoms with Crippen molar-refractivity contribution in [3.8, 4) is 0 Å². The third-order valence-electron chi connectivity index (χ3n) is 2.23. The second-order valence-corrected chi connectivity index (χ2v) is 5.61. The van der Waals surface area contributed by atoms with Crippen LogP contribution in [-0.4, -0.2) is 17.7 Å². The molecule has 1 atom stereocenters. The molecule has 0 fully saturated rings. The van der Waals surface area contributed by atoms with Crippen LogP contribution in [0.5, 0.6) is 0 Å². The van der Waals surface area contributed by atoms with Gasteiger partial charge < -0.3 is 10.5 Å². The smallest absolute Gasteiger partial charge is 0.412 e. The Kier molecular flexibility index (Phi) is 4.89. The first-order valence-electron chi connectivity index (χ1n) is 6.21. The third-order valence-corrected chi connectivity index (χ3v) is 2.23. The Bertz CT molecular complexity index is 453. The van der Waals surface area contributed by atoms with E-state index in [-0.39, 0.29) is 11.9 Å². The van der Waals surface area contributed by atoms with Crippen LogP contribution in [0.3, 0.4) is 0 Å². The van der Waals surface area contributed by atoms with Crippen LogP contribution in [0.25, 0.3) is 0 Å². The highest BCUT2D eigenvalue weighted by Crippen LogP contribution is 2.17. The van der Waals surface area contributed by atoms with Crippen LogP contribution < -0.4 is 11.1 Å². The Balaban J connectivity index is 2.77. The molecule has 0 unspecified atom stereocenters. The maximum atomic E-state index is 13.5. The summed E-state index contributed by atoms with van der Waals surface area (Å²) < 4.78 is 18.7. The van der Waals surface area contributed by atoms with Crippen LogP contribution in [0.1, 0.15) is 33.3 Å². The molecule has 0 spiro atoms. The Labute approximate surface area is 113 Å². The van der Waals surface area contributed by atoms with Crippen LogP contribution in [0.4, 0.5) is 14.9 Å². The lowest BCUT2D eigenvalue weighted by Crippen LogP contribution is -2.27. The topological polar surface area (TPSA) is 64.3 Å². The molecule has 0 heterocycles. The van der Waals surface area contributed by atoms with Crippen LogP contribution >= 0.6 is 0 Å². The van der Waals surface area contributed by atoms with Crippen molar-refractivity contribution >= 4 is 11.8 Å². The summed E-state index contributed by atoms with van der Waals surface area (Å²) in [5.41, 5.74) is 6.05. The zero-order valence-electron chi connectivity index (χ0n) is 11.8. The lowest BCUT2D eigenvalue weighted by Gasteiger charge is -2.20. The van der Waals surface area contributed by atoms with Gasteiger partial charge in [-0.3, -0.25) is 5.32 Å². The lowest BCUT2D eigenvalue weighted by molar-refractivity contribution is 0.0636. The first-order valence-corrected chi connectivity index (χ1v) is 6.21. The Morgan fingerprint density at radius 1 is 1.47 bits per heavy atom. The third kappa shape index (κ3) is 5.70. The van der Waals surface area contributed by atoms with E-state index >= 15 is 0 Å². The minimum atomic E-state index is -0.571. The molecular weight excluding hydrogens is 247 g/mol. The zero-order valence-corrected chi connectivity index (χ0v) is 11.8. The van der Waals surface area contributed by atoms with Crippen molar-refractivity contribution in [2.45, 2.75) is 45.8 Å². The van der Waals surface area contributed by atoms with E-state index in [9.17, 15) is 9.18 Å². The number of nitrogens with two attached hydrogens (primary N) is 1. The molecule has 0 aromatic heterocycles. The van der Waals surface area contributed by atoms with Crippen molar-refractivity contribution in [3.63, 3.8) is 0 Å². The van der Waals surface area contributed by atoms with Crippen molar-refractivity contribution in [2.75, 3.05) is 5.32 Å². The van der Waals surface area contributed by atoms with Crippen molar-refractivity contribution in [1.29, 1.82) is 0 Å². The fraction of sp³-hybridized carbons (Fsp3) is 0.500. The molecule has 1 aromatic carbocycles. The van der Waals surface area contributed by atoms with Gasteiger partial charge in [-0.1, -0.05) is 0 Å². The summed E-state index contributed by atoms with van der Waals surface area (Å²) in [5.74, 6) is -0.327. The Morgan fingerprint density at radius 3 is 2.63 bits per heavy atom.